The predicted octanol–water partition coefficient (Wildman–Crippen LogP) is 2.14. The summed E-state index contributed by atoms with van der Waals surface area (Å²) in [6.07, 6.45) is 1.76. The molecule has 1 fully saturated rings. The minimum absolute atomic E-state index is 0. The molecule has 7 heteroatoms. The lowest BCUT2D eigenvalue weighted by molar-refractivity contribution is 0.243. The number of hydrogen-bond acceptors (Lipinski definition) is 3. The summed E-state index contributed by atoms with van der Waals surface area (Å²) in [4.78, 5) is 0. The standard InChI is InChI=1S/C14H21FN2O2S.ClH/c1-11(16)12-6-4-8-17(9-12)20(18,19)10-13-5-2-3-7-14(13)15;/h2-3,5,7,11-12H,4,6,8-10,16H2,1H3;1H. The van der Waals surface area contributed by atoms with E-state index in [1.165, 1.54) is 16.4 Å². The van der Waals surface area contributed by atoms with Crippen LogP contribution in [-0.2, 0) is 15.8 Å². The molecule has 0 aromatic heterocycles. The molecule has 21 heavy (non-hydrogen) atoms. The van der Waals surface area contributed by atoms with Gasteiger partial charge < -0.3 is 5.73 Å². The van der Waals surface area contributed by atoms with Gasteiger partial charge in [-0.25, -0.2) is 17.1 Å². The molecule has 0 aliphatic carbocycles. The summed E-state index contributed by atoms with van der Waals surface area (Å²) in [5.41, 5.74) is 6.09. The first-order chi connectivity index (χ1) is 9.40. The summed E-state index contributed by atoms with van der Waals surface area (Å²) in [5, 5.41) is 0. The van der Waals surface area contributed by atoms with E-state index in [2.05, 4.69) is 0 Å². The van der Waals surface area contributed by atoms with Gasteiger partial charge in [0.05, 0.1) is 5.75 Å². The second kappa shape index (κ2) is 7.54. The van der Waals surface area contributed by atoms with Gasteiger partial charge in [-0.2, -0.15) is 0 Å². The number of rotatable bonds is 4. The van der Waals surface area contributed by atoms with Crippen LogP contribution >= 0.6 is 12.4 Å². The third-order valence-corrected chi connectivity index (χ3v) is 5.65. The molecule has 4 nitrogen and oxygen atoms in total. The highest BCUT2D eigenvalue weighted by molar-refractivity contribution is 7.88. The van der Waals surface area contributed by atoms with E-state index >= 15 is 0 Å². The van der Waals surface area contributed by atoms with E-state index in [9.17, 15) is 12.8 Å². The van der Waals surface area contributed by atoms with Crippen LogP contribution in [0.1, 0.15) is 25.3 Å². The number of hydrogen-bond donors (Lipinski definition) is 1. The van der Waals surface area contributed by atoms with Crippen molar-refractivity contribution in [3.8, 4) is 0 Å². The second-order valence-corrected chi connectivity index (χ2v) is 7.44. The van der Waals surface area contributed by atoms with Gasteiger partial charge in [0.2, 0.25) is 10.0 Å². The fourth-order valence-corrected chi connectivity index (χ4v) is 4.19. The van der Waals surface area contributed by atoms with Crippen LogP contribution < -0.4 is 5.73 Å². The Bertz CT molecular complexity index is 566. The van der Waals surface area contributed by atoms with E-state index < -0.39 is 15.8 Å². The van der Waals surface area contributed by atoms with Crippen molar-refractivity contribution in [3.63, 3.8) is 0 Å². The zero-order valence-electron chi connectivity index (χ0n) is 12.0. The molecule has 2 N–H and O–H groups in total. The highest BCUT2D eigenvalue weighted by Gasteiger charge is 2.30. The number of sulfonamides is 1. The summed E-state index contributed by atoms with van der Waals surface area (Å²) < 4.78 is 39.8. The monoisotopic (exact) mass is 336 g/mol. The third kappa shape index (κ3) is 4.64. The Kier molecular flexibility index (Phi) is 6.59. The number of halogens is 2. The summed E-state index contributed by atoms with van der Waals surface area (Å²) in [5.74, 6) is -0.582. The molecule has 2 unspecified atom stereocenters. The molecule has 1 saturated heterocycles. The van der Waals surface area contributed by atoms with Crippen LogP contribution in [0.2, 0.25) is 0 Å². The fraction of sp³-hybridized carbons (Fsp3) is 0.571. The molecule has 2 atom stereocenters. The van der Waals surface area contributed by atoms with E-state index in [0.29, 0.717) is 13.1 Å². The quantitative estimate of drug-likeness (QED) is 0.916. The van der Waals surface area contributed by atoms with Crippen LogP contribution in [0.25, 0.3) is 0 Å². The minimum atomic E-state index is -3.49. The molecular weight excluding hydrogens is 315 g/mol. The maximum absolute atomic E-state index is 13.6. The van der Waals surface area contributed by atoms with Crippen LogP contribution in [0.4, 0.5) is 4.39 Å². The molecule has 1 aromatic rings. The van der Waals surface area contributed by atoms with E-state index in [1.54, 1.807) is 12.1 Å². The number of piperidine rings is 1. The molecular formula is C14H22ClFN2O2S. The topological polar surface area (TPSA) is 63.4 Å². The molecule has 0 saturated carbocycles. The second-order valence-electron chi connectivity index (χ2n) is 5.47. The Hall–Kier alpha value is -0.690. The molecule has 120 valence electrons. The largest absolute Gasteiger partial charge is 0.328 e. The lowest BCUT2D eigenvalue weighted by Gasteiger charge is -2.33. The van der Waals surface area contributed by atoms with Crippen molar-refractivity contribution in [2.45, 2.75) is 31.6 Å². The number of benzene rings is 1. The molecule has 0 radical (unpaired) electrons. The molecule has 1 heterocycles. The van der Waals surface area contributed by atoms with Gasteiger partial charge in [0, 0.05) is 24.7 Å². The first kappa shape index (κ1) is 18.4. The maximum Gasteiger partial charge on any atom is 0.218 e. The molecule has 2 rings (SSSR count). The van der Waals surface area contributed by atoms with Crippen molar-refractivity contribution in [3.05, 3.63) is 35.6 Å². The Morgan fingerprint density at radius 2 is 2.10 bits per heavy atom. The summed E-state index contributed by atoms with van der Waals surface area (Å²) >= 11 is 0. The Labute approximate surface area is 132 Å². The zero-order valence-corrected chi connectivity index (χ0v) is 13.7. The van der Waals surface area contributed by atoms with Crippen LogP contribution in [0.15, 0.2) is 24.3 Å². The highest BCUT2D eigenvalue weighted by atomic mass is 35.5. The van der Waals surface area contributed by atoms with Crippen LogP contribution in [0.3, 0.4) is 0 Å². The van der Waals surface area contributed by atoms with E-state index in [-0.39, 0.29) is 35.7 Å². The molecule has 0 bridgehead atoms. The smallest absolute Gasteiger partial charge is 0.218 e. The molecule has 1 aliphatic heterocycles. The Balaban J connectivity index is 0.00000220. The van der Waals surface area contributed by atoms with Crippen molar-refractivity contribution in [2.24, 2.45) is 11.7 Å². The van der Waals surface area contributed by atoms with Crippen molar-refractivity contribution in [1.29, 1.82) is 0 Å². The lowest BCUT2D eigenvalue weighted by atomic mass is 9.93. The lowest BCUT2D eigenvalue weighted by Crippen LogP contribution is -2.45. The van der Waals surface area contributed by atoms with Crippen molar-refractivity contribution >= 4 is 22.4 Å². The van der Waals surface area contributed by atoms with Gasteiger partial charge in [-0.3, -0.25) is 0 Å². The summed E-state index contributed by atoms with van der Waals surface area (Å²) in [7, 11) is -3.49. The first-order valence-corrected chi connectivity index (χ1v) is 8.48. The normalized spacial score (nSPS) is 21.6. The maximum atomic E-state index is 13.6. The highest BCUT2D eigenvalue weighted by Crippen LogP contribution is 2.23. The van der Waals surface area contributed by atoms with Gasteiger partial charge in [-0.15, -0.1) is 12.4 Å². The van der Waals surface area contributed by atoms with Crippen molar-refractivity contribution in [2.75, 3.05) is 13.1 Å². The Morgan fingerprint density at radius 1 is 1.43 bits per heavy atom. The Morgan fingerprint density at radius 3 is 2.71 bits per heavy atom. The van der Waals surface area contributed by atoms with Gasteiger partial charge in [0.25, 0.3) is 0 Å². The van der Waals surface area contributed by atoms with Crippen molar-refractivity contribution < 1.29 is 12.8 Å². The van der Waals surface area contributed by atoms with Gasteiger partial charge in [-0.1, -0.05) is 18.2 Å². The van der Waals surface area contributed by atoms with Crippen LogP contribution in [0, 0.1) is 11.7 Å². The average molecular weight is 337 g/mol. The van der Waals surface area contributed by atoms with E-state index in [0.717, 1.165) is 12.8 Å². The molecule has 1 aromatic carbocycles. The minimum Gasteiger partial charge on any atom is -0.328 e. The molecule has 1 aliphatic rings. The van der Waals surface area contributed by atoms with Crippen LogP contribution in [0.5, 0.6) is 0 Å². The predicted molar refractivity (Wildman–Crippen MR) is 84.2 cm³/mol. The first-order valence-electron chi connectivity index (χ1n) is 6.87. The van der Waals surface area contributed by atoms with Crippen LogP contribution in [-0.4, -0.2) is 31.9 Å². The number of nitrogens with two attached hydrogens (primary N) is 1. The summed E-state index contributed by atoms with van der Waals surface area (Å²) in [6.45, 7) is 2.84. The average Bonchev–Trinajstić information content (AvgIpc) is 2.41. The van der Waals surface area contributed by atoms with Gasteiger partial charge in [0.1, 0.15) is 5.82 Å². The molecule has 0 spiro atoms. The fourth-order valence-electron chi connectivity index (χ4n) is 2.56. The van der Waals surface area contributed by atoms with Gasteiger partial charge in [-0.05, 0) is 31.7 Å². The van der Waals surface area contributed by atoms with Crippen molar-refractivity contribution in [1.82, 2.24) is 4.31 Å². The summed E-state index contributed by atoms with van der Waals surface area (Å²) in [6, 6.07) is 5.97. The van der Waals surface area contributed by atoms with Gasteiger partial charge in [0.15, 0.2) is 0 Å². The SMILES string of the molecule is CC(N)C1CCCN(S(=O)(=O)Cc2ccccc2F)C1.Cl. The van der Waals surface area contributed by atoms with Gasteiger partial charge >= 0.3 is 0 Å². The number of nitrogens with zero attached hydrogens (tertiary/aromatic N) is 1. The van der Waals surface area contributed by atoms with E-state index in [4.69, 9.17) is 5.73 Å². The molecule has 0 amide bonds. The zero-order chi connectivity index (χ0) is 14.8. The third-order valence-electron chi connectivity index (χ3n) is 3.85. The van der Waals surface area contributed by atoms with E-state index in [1.807, 2.05) is 6.92 Å².